The summed E-state index contributed by atoms with van der Waals surface area (Å²) in [5.74, 6) is 0.923. The van der Waals surface area contributed by atoms with Crippen LogP contribution in [0.1, 0.15) is 402 Å². The van der Waals surface area contributed by atoms with Crippen molar-refractivity contribution in [3.63, 3.8) is 0 Å². The summed E-state index contributed by atoms with van der Waals surface area (Å²) in [4.78, 5) is 72.8. The minimum absolute atomic E-state index is 0.103. The Balaban J connectivity index is 5.13. The van der Waals surface area contributed by atoms with Gasteiger partial charge in [0.25, 0.3) is 0 Å². The number of phosphoric ester groups is 2. The zero-order valence-corrected chi connectivity index (χ0v) is 66.2. The highest BCUT2D eigenvalue weighted by Crippen LogP contribution is 2.45. The number of esters is 4. The molecule has 4 unspecified atom stereocenters. The number of aliphatic hydroxyl groups is 1. The second-order valence-corrected chi connectivity index (χ2v) is 33.0. The summed E-state index contributed by atoms with van der Waals surface area (Å²) in [7, 11) is -9.91. The van der Waals surface area contributed by atoms with Crippen LogP contribution >= 0.6 is 15.6 Å². The van der Waals surface area contributed by atoms with Crippen LogP contribution in [0.25, 0.3) is 0 Å². The molecule has 0 saturated heterocycles. The number of unbranched alkanes of at least 4 members (excludes halogenated alkanes) is 41. The molecule has 0 saturated carbocycles. The van der Waals surface area contributed by atoms with E-state index >= 15 is 0 Å². The number of phosphoric acid groups is 2. The van der Waals surface area contributed by atoms with E-state index < -0.39 is 97.5 Å². The molecule has 0 aromatic carbocycles. The monoisotopic (exact) mass is 1440 g/mol. The van der Waals surface area contributed by atoms with Gasteiger partial charge in [0.05, 0.1) is 26.4 Å². The molecule has 0 spiro atoms. The van der Waals surface area contributed by atoms with Gasteiger partial charge in [0, 0.05) is 25.7 Å². The van der Waals surface area contributed by atoms with E-state index in [1.165, 1.54) is 199 Å². The smallest absolute Gasteiger partial charge is 0.462 e. The summed E-state index contributed by atoms with van der Waals surface area (Å²) in [5, 5.41) is 10.6. The van der Waals surface area contributed by atoms with Crippen LogP contribution in [0.2, 0.25) is 0 Å². The van der Waals surface area contributed by atoms with Gasteiger partial charge in [-0.2, -0.15) is 0 Å². The van der Waals surface area contributed by atoms with Crippen molar-refractivity contribution in [2.45, 2.75) is 420 Å². The Labute approximate surface area is 600 Å². The molecule has 0 aliphatic carbocycles. The van der Waals surface area contributed by atoms with Gasteiger partial charge in [0.1, 0.15) is 19.3 Å². The average molecular weight is 1440 g/mol. The second-order valence-electron chi connectivity index (χ2n) is 30.1. The molecular formula is C79H154O17P2. The number of hydrogen-bond acceptors (Lipinski definition) is 15. The van der Waals surface area contributed by atoms with Gasteiger partial charge in [-0.3, -0.25) is 37.3 Å². The van der Waals surface area contributed by atoms with E-state index in [0.29, 0.717) is 37.5 Å². The summed E-state index contributed by atoms with van der Waals surface area (Å²) in [6.07, 6.45) is 54.5. The number of hydrogen-bond donors (Lipinski definition) is 3. The van der Waals surface area contributed by atoms with E-state index in [0.717, 1.165) is 108 Å². The van der Waals surface area contributed by atoms with Crippen LogP contribution < -0.4 is 0 Å². The molecule has 582 valence electrons. The molecule has 0 aromatic heterocycles. The quantitative estimate of drug-likeness (QED) is 0.0222. The first kappa shape index (κ1) is 96.1. The van der Waals surface area contributed by atoms with Gasteiger partial charge in [0.15, 0.2) is 12.2 Å². The first-order chi connectivity index (χ1) is 47.1. The molecule has 0 amide bonds. The normalized spacial score (nSPS) is 14.3. The maximum absolute atomic E-state index is 13.1. The Morgan fingerprint density at radius 3 is 0.724 bits per heavy atom. The molecule has 0 bridgehead atoms. The highest BCUT2D eigenvalue weighted by molar-refractivity contribution is 7.47. The average Bonchev–Trinajstić information content (AvgIpc) is 1.01. The summed E-state index contributed by atoms with van der Waals surface area (Å²) in [5.41, 5.74) is 0. The lowest BCUT2D eigenvalue weighted by Crippen LogP contribution is -2.30. The summed E-state index contributed by atoms with van der Waals surface area (Å²) in [6, 6.07) is 0. The summed E-state index contributed by atoms with van der Waals surface area (Å²) in [6.45, 7) is 14.2. The molecule has 0 aliphatic heterocycles. The molecule has 0 radical (unpaired) electrons. The van der Waals surface area contributed by atoms with Gasteiger partial charge < -0.3 is 33.8 Å². The van der Waals surface area contributed by atoms with Crippen molar-refractivity contribution in [3.8, 4) is 0 Å². The van der Waals surface area contributed by atoms with Gasteiger partial charge in [-0.25, -0.2) is 9.13 Å². The Morgan fingerprint density at radius 1 is 0.286 bits per heavy atom. The Hall–Kier alpha value is -1.94. The van der Waals surface area contributed by atoms with Crippen molar-refractivity contribution < 1.29 is 80.2 Å². The van der Waals surface area contributed by atoms with Crippen LogP contribution in [0, 0.1) is 23.7 Å². The number of aliphatic hydroxyl groups excluding tert-OH is 1. The minimum Gasteiger partial charge on any atom is -0.462 e. The van der Waals surface area contributed by atoms with Gasteiger partial charge in [0.2, 0.25) is 0 Å². The standard InChI is InChI=1S/C79H154O17P2/c1-9-72(8)58-50-42-33-27-23-19-16-17-20-24-28-34-43-51-59-76(81)89-65-74(96-79(84)62-54-46-36-30-32-40-48-56-70(4)5)67-93-97(85,86)91-63-73(80)64-92-98(87,88)94-68-75(66-90-77(82)60-52-44-38-37-41-49-57-71(6)7)95-78(83)61-53-45-35-29-25-21-15-13-11-10-12-14-18-22-26-31-39-47-55-69(2)3/h69-75,80H,9-68H2,1-8H3,(H,85,86)(H,87,88)/t72?,73?,74-,75-/m1/s1. The second kappa shape index (κ2) is 68.2. The zero-order valence-electron chi connectivity index (χ0n) is 64.4. The van der Waals surface area contributed by atoms with Crippen LogP contribution in [0.15, 0.2) is 0 Å². The lowest BCUT2D eigenvalue weighted by molar-refractivity contribution is -0.161. The van der Waals surface area contributed by atoms with Gasteiger partial charge >= 0.3 is 39.5 Å². The van der Waals surface area contributed by atoms with Crippen molar-refractivity contribution >= 4 is 39.5 Å². The van der Waals surface area contributed by atoms with E-state index in [-0.39, 0.29) is 25.7 Å². The Kier molecular flexibility index (Phi) is 66.8. The lowest BCUT2D eigenvalue weighted by Gasteiger charge is -2.21. The Morgan fingerprint density at radius 2 is 0.490 bits per heavy atom. The van der Waals surface area contributed by atoms with E-state index in [4.69, 9.17) is 37.0 Å². The summed E-state index contributed by atoms with van der Waals surface area (Å²) < 4.78 is 68.5. The van der Waals surface area contributed by atoms with Gasteiger partial charge in [-0.05, 0) is 49.4 Å². The molecule has 6 atom stereocenters. The molecule has 19 heteroatoms. The van der Waals surface area contributed by atoms with Gasteiger partial charge in [-0.1, -0.05) is 351 Å². The van der Waals surface area contributed by atoms with Crippen molar-refractivity contribution in [2.75, 3.05) is 39.6 Å². The van der Waals surface area contributed by atoms with Crippen molar-refractivity contribution in [1.29, 1.82) is 0 Å². The van der Waals surface area contributed by atoms with Crippen LogP contribution in [0.3, 0.4) is 0 Å². The van der Waals surface area contributed by atoms with E-state index in [2.05, 4.69) is 55.4 Å². The predicted molar refractivity (Wildman–Crippen MR) is 400 cm³/mol. The summed E-state index contributed by atoms with van der Waals surface area (Å²) >= 11 is 0. The highest BCUT2D eigenvalue weighted by Gasteiger charge is 2.30. The number of rotatable bonds is 76. The molecule has 0 aliphatic rings. The van der Waals surface area contributed by atoms with Crippen molar-refractivity contribution in [2.24, 2.45) is 23.7 Å². The fourth-order valence-corrected chi connectivity index (χ4v) is 13.6. The van der Waals surface area contributed by atoms with Crippen LogP contribution in [0.5, 0.6) is 0 Å². The molecule has 0 heterocycles. The predicted octanol–water partition coefficient (Wildman–Crippen LogP) is 23.2. The maximum Gasteiger partial charge on any atom is 0.472 e. The van der Waals surface area contributed by atoms with Crippen molar-refractivity contribution in [3.05, 3.63) is 0 Å². The molecule has 3 N–H and O–H groups in total. The van der Waals surface area contributed by atoms with Crippen LogP contribution in [-0.4, -0.2) is 96.7 Å². The fraction of sp³-hybridized carbons (Fsp3) is 0.949. The zero-order chi connectivity index (χ0) is 72.4. The molecule has 0 fully saturated rings. The lowest BCUT2D eigenvalue weighted by atomic mass is 9.99. The minimum atomic E-state index is -4.96. The third-order valence-electron chi connectivity index (χ3n) is 18.7. The largest absolute Gasteiger partial charge is 0.472 e. The Bertz CT molecular complexity index is 1920. The van der Waals surface area contributed by atoms with Gasteiger partial charge in [-0.15, -0.1) is 0 Å². The van der Waals surface area contributed by atoms with Crippen LogP contribution in [-0.2, 0) is 65.4 Å². The number of carbonyl (C=O) groups is 4. The maximum atomic E-state index is 13.1. The highest BCUT2D eigenvalue weighted by atomic mass is 31.2. The third kappa shape index (κ3) is 71.1. The number of ether oxygens (including phenoxy) is 4. The molecule has 0 rings (SSSR count). The van der Waals surface area contributed by atoms with E-state index in [1.807, 2.05) is 0 Å². The van der Waals surface area contributed by atoms with Crippen molar-refractivity contribution in [1.82, 2.24) is 0 Å². The first-order valence-corrected chi connectivity index (χ1v) is 43.7. The van der Waals surface area contributed by atoms with E-state index in [9.17, 15) is 43.2 Å². The first-order valence-electron chi connectivity index (χ1n) is 40.7. The SMILES string of the molecule is CCC(C)CCCCCCCCCCCCCCCCC(=O)OC[C@H](COP(=O)(O)OCC(O)COP(=O)(O)OC[C@@H](COC(=O)CCCCCCCCC(C)C)OC(=O)CCCCCCCCCCCCCCCCCCCCC(C)C)OC(=O)CCCCCCCCCC(C)C. The molecule has 17 nitrogen and oxygen atoms in total. The fourth-order valence-electron chi connectivity index (χ4n) is 12.0. The third-order valence-corrected chi connectivity index (χ3v) is 20.6. The number of carbonyl (C=O) groups excluding carboxylic acids is 4. The molecular weight excluding hydrogens is 1280 g/mol. The van der Waals surface area contributed by atoms with Crippen LogP contribution in [0.4, 0.5) is 0 Å². The molecule has 0 aromatic rings. The molecule has 98 heavy (non-hydrogen) atoms. The van der Waals surface area contributed by atoms with E-state index in [1.54, 1.807) is 0 Å². The topological polar surface area (TPSA) is 237 Å².